The Morgan fingerprint density at radius 2 is 1.89 bits per heavy atom. The van der Waals surface area contributed by atoms with E-state index in [9.17, 15) is 4.79 Å². The van der Waals surface area contributed by atoms with Gasteiger partial charge in [0.2, 0.25) is 5.91 Å². The van der Waals surface area contributed by atoms with Gasteiger partial charge in [-0.05, 0) is 17.7 Å². The van der Waals surface area contributed by atoms with E-state index in [0.717, 1.165) is 43.7 Å². The van der Waals surface area contributed by atoms with Crippen LogP contribution in [0.3, 0.4) is 0 Å². The van der Waals surface area contributed by atoms with Crippen molar-refractivity contribution in [1.82, 2.24) is 20.0 Å². The smallest absolute Gasteiger partial charge is 0.243 e. The average molecular weight is 396 g/mol. The summed E-state index contributed by atoms with van der Waals surface area (Å²) in [6.45, 7) is 5.92. The number of amides is 1. The van der Waals surface area contributed by atoms with Gasteiger partial charge in [-0.25, -0.2) is 4.99 Å². The summed E-state index contributed by atoms with van der Waals surface area (Å²) in [6.07, 6.45) is 0. The summed E-state index contributed by atoms with van der Waals surface area (Å²) >= 11 is 5.96. The van der Waals surface area contributed by atoms with Gasteiger partial charge in [0, 0.05) is 65.5 Å². The Bertz CT molecular complexity index is 613. The number of halogens is 1. The highest BCUT2D eigenvalue weighted by Crippen LogP contribution is 2.13. The summed E-state index contributed by atoms with van der Waals surface area (Å²) in [5.74, 6) is 0.760. The monoisotopic (exact) mass is 395 g/mol. The fraction of sp³-hybridized carbons (Fsp3) is 0.579. The second-order valence-corrected chi connectivity index (χ2v) is 7.17. The van der Waals surface area contributed by atoms with Crippen LogP contribution in [0.15, 0.2) is 29.3 Å². The standard InChI is InChI=1S/C19H30ClN5O2/c1-23(2)18(26)14-22-19(21-8-13-27-3)25-11-9-24(10-12-25)15-16-4-6-17(20)7-5-16/h4-7H,8-15H2,1-3H3,(H,21,22). The zero-order valence-electron chi connectivity index (χ0n) is 16.4. The van der Waals surface area contributed by atoms with E-state index in [0.29, 0.717) is 13.2 Å². The third-order valence-electron chi connectivity index (χ3n) is 4.44. The van der Waals surface area contributed by atoms with Crippen LogP contribution in [-0.4, -0.2) is 93.6 Å². The van der Waals surface area contributed by atoms with E-state index in [2.05, 4.69) is 32.2 Å². The first-order valence-corrected chi connectivity index (χ1v) is 9.56. The molecule has 1 heterocycles. The maximum absolute atomic E-state index is 11.9. The number of carbonyl (C=O) groups is 1. The molecular formula is C19H30ClN5O2. The number of guanidine groups is 1. The largest absolute Gasteiger partial charge is 0.383 e. The van der Waals surface area contributed by atoms with E-state index in [1.165, 1.54) is 5.56 Å². The molecule has 0 saturated carbocycles. The number of aliphatic imine (C=N–C) groups is 1. The number of rotatable bonds is 7. The van der Waals surface area contributed by atoms with Crippen LogP contribution >= 0.6 is 11.6 Å². The van der Waals surface area contributed by atoms with E-state index in [4.69, 9.17) is 16.3 Å². The molecule has 0 aromatic heterocycles. The molecule has 0 unspecified atom stereocenters. The van der Waals surface area contributed by atoms with Gasteiger partial charge in [-0.1, -0.05) is 23.7 Å². The van der Waals surface area contributed by atoms with Crippen LogP contribution in [0, 0.1) is 0 Å². The van der Waals surface area contributed by atoms with Crippen LogP contribution in [0.4, 0.5) is 0 Å². The number of ether oxygens (including phenoxy) is 1. The molecule has 1 aromatic rings. The molecule has 0 spiro atoms. The number of nitrogens with zero attached hydrogens (tertiary/aromatic N) is 4. The topological polar surface area (TPSA) is 60.4 Å². The first kappa shape index (κ1) is 21.5. The normalized spacial score (nSPS) is 15.7. The number of piperazine rings is 1. The Kier molecular flexibility index (Phi) is 8.84. The van der Waals surface area contributed by atoms with E-state index in [1.807, 2.05) is 12.1 Å². The molecule has 0 aliphatic carbocycles. The minimum atomic E-state index is -0.0117. The third-order valence-corrected chi connectivity index (χ3v) is 4.70. The molecule has 1 N–H and O–H groups in total. The Morgan fingerprint density at radius 3 is 2.48 bits per heavy atom. The van der Waals surface area contributed by atoms with Gasteiger partial charge in [-0.3, -0.25) is 9.69 Å². The lowest BCUT2D eigenvalue weighted by atomic mass is 10.2. The molecule has 1 aromatic carbocycles. The third kappa shape index (κ3) is 7.36. The van der Waals surface area contributed by atoms with Crippen LogP contribution in [0.2, 0.25) is 5.02 Å². The summed E-state index contributed by atoms with van der Waals surface area (Å²) < 4.78 is 5.11. The Morgan fingerprint density at radius 1 is 1.22 bits per heavy atom. The minimum absolute atomic E-state index is 0.0117. The summed E-state index contributed by atoms with van der Waals surface area (Å²) in [5.41, 5.74) is 1.26. The van der Waals surface area contributed by atoms with Gasteiger partial charge in [0.15, 0.2) is 5.96 Å². The van der Waals surface area contributed by atoms with Crippen LogP contribution in [0.5, 0.6) is 0 Å². The van der Waals surface area contributed by atoms with Crippen LogP contribution in [0.1, 0.15) is 5.56 Å². The lowest BCUT2D eigenvalue weighted by molar-refractivity contribution is -0.127. The number of methoxy groups -OCH3 is 1. The molecule has 150 valence electrons. The lowest BCUT2D eigenvalue weighted by Gasteiger charge is -2.36. The molecule has 1 saturated heterocycles. The zero-order chi connectivity index (χ0) is 19.6. The molecule has 8 heteroatoms. The maximum atomic E-state index is 11.9. The summed E-state index contributed by atoms with van der Waals surface area (Å²) in [4.78, 5) is 22.6. The average Bonchev–Trinajstić information content (AvgIpc) is 2.67. The molecule has 1 fully saturated rings. The summed E-state index contributed by atoms with van der Waals surface area (Å²) in [7, 11) is 5.15. The van der Waals surface area contributed by atoms with Gasteiger partial charge in [-0.15, -0.1) is 0 Å². The minimum Gasteiger partial charge on any atom is -0.383 e. The van der Waals surface area contributed by atoms with Crippen molar-refractivity contribution in [3.63, 3.8) is 0 Å². The van der Waals surface area contributed by atoms with Gasteiger partial charge < -0.3 is 19.9 Å². The SMILES string of the molecule is COCCNC(=NCC(=O)N(C)C)N1CCN(Cc2ccc(Cl)cc2)CC1. The highest BCUT2D eigenvalue weighted by Gasteiger charge is 2.20. The number of benzene rings is 1. The van der Waals surface area contributed by atoms with Crippen molar-refractivity contribution in [3.05, 3.63) is 34.9 Å². The number of hydrogen-bond acceptors (Lipinski definition) is 4. The van der Waals surface area contributed by atoms with Crippen molar-refractivity contribution in [1.29, 1.82) is 0 Å². The van der Waals surface area contributed by atoms with E-state index in [1.54, 1.807) is 26.1 Å². The van der Waals surface area contributed by atoms with E-state index in [-0.39, 0.29) is 12.5 Å². The number of hydrogen-bond donors (Lipinski definition) is 1. The van der Waals surface area contributed by atoms with Crippen molar-refractivity contribution in [2.45, 2.75) is 6.54 Å². The van der Waals surface area contributed by atoms with Crippen LogP contribution < -0.4 is 5.32 Å². The zero-order valence-corrected chi connectivity index (χ0v) is 17.2. The van der Waals surface area contributed by atoms with Gasteiger partial charge in [0.25, 0.3) is 0 Å². The maximum Gasteiger partial charge on any atom is 0.243 e. The van der Waals surface area contributed by atoms with Crippen molar-refractivity contribution in [2.75, 3.05) is 67.1 Å². The predicted octanol–water partition coefficient (Wildman–Crippen LogP) is 1.14. The molecular weight excluding hydrogens is 366 g/mol. The first-order valence-electron chi connectivity index (χ1n) is 9.18. The molecule has 1 aliphatic heterocycles. The quantitative estimate of drug-likeness (QED) is 0.426. The Hall–Kier alpha value is -1.83. The summed E-state index contributed by atoms with van der Waals surface area (Å²) in [5, 5.41) is 4.07. The van der Waals surface area contributed by atoms with E-state index < -0.39 is 0 Å². The highest BCUT2D eigenvalue weighted by atomic mass is 35.5. The van der Waals surface area contributed by atoms with Crippen molar-refractivity contribution < 1.29 is 9.53 Å². The van der Waals surface area contributed by atoms with Gasteiger partial charge >= 0.3 is 0 Å². The van der Waals surface area contributed by atoms with Gasteiger partial charge in [-0.2, -0.15) is 0 Å². The van der Waals surface area contributed by atoms with Gasteiger partial charge in [0.1, 0.15) is 6.54 Å². The lowest BCUT2D eigenvalue weighted by Crippen LogP contribution is -2.52. The van der Waals surface area contributed by atoms with Crippen LogP contribution in [-0.2, 0) is 16.1 Å². The molecule has 7 nitrogen and oxygen atoms in total. The highest BCUT2D eigenvalue weighted by molar-refractivity contribution is 6.30. The molecule has 1 amide bonds. The fourth-order valence-corrected chi connectivity index (χ4v) is 2.91. The van der Waals surface area contributed by atoms with Crippen molar-refractivity contribution >= 4 is 23.5 Å². The number of carbonyl (C=O) groups excluding carboxylic acids is 1. The first-order chi connectivity index (χ1) is 13.0. The number of nitrogens with one attached hydrogen (secondary N) is 1. The number of likely N-dealkylation sites (N-methyl/N-ethyl adjacent to an activating group) is 1. The molecule has 27 heavy (non-hydrogen) atoms. The molecule has 0 radical (unpaired) electrons. The second-order valence-electron chi connectivity index (χ2n) is 6.74. The molecule has 0 atom stereocenters. The van der Waals surface area contributed by atoms with Crippen LogP contribution in [0.25, 0.3) is 0 Å². The molecule has 1 aliphatic rings. The molecule has 0 bridgehead atoms. The van der Waals surface area contributed by atoms with Crippen molar-refractivity contribution in [3.8, 4) is 0 Å². The van der Waals surface area contributed by atoms with Gasteiger partial charge in [0.05, 0.1) is 6.61 Å². The van der Waals surface area contributed by atoms with Crippen molar-refractivity contribution in [2.24, 2.45) is 4.99 Å². The predicted molar refractivity (Wildman–Crippen MR) is 109 cm³/mol. The second kappa shape index (κ2) is 11.1. The Labute approximate surface area is 166 Å². The van der Waals surface area contributed by atoms with E-state index >= 15 is 0 Å². The summed E-state index contributed by atoms with van der Waals surface area (Å²) in [6, 6.07) is 8.00. The Balaban J connectivity index is 1.90. The molecule has 2 rings (SSSR count). The fourth-order valence-electron chi connectivity index (χ4n) is 2.78.